The van der Waals surface area contributed by atoms with E-state index in [1.54, 1.807) is 0 Å². The van der Waals surface area contributed by atoms with Crippen molar-refractivity contribution in [1.29, 1.82) is 0 Å². The summed E-state index contributed by atoms with van der Waals surface area (Å²) < 4.78 is 0. The fourth-order valence-electron chi connectivity index (χ4n) is 1.68. The van der Waals surface area contributed by atoms with Crippen LogP contribution >= 0.6 is 0 Å². The number of hydrogen-bond acceptors (Lipinski definition) is 2. The van der Waals surface area contributed by atoms with E-state index in [0.717, 1.165) is 6.42 Å². The molecule has 0 saturated carbocycles. The molecular weight excluding hydrogens is 188 g/mol. The molecule has 0 fully saturated rings. The Kier molecular flexibility index (Phi) is 11.4. The van der Waals surface area contributed by atoms with E-state index in [-0.39, 0.29) is 6.61 Å². The first-order chi connectivity index (χ1) is 7.31. The largest absolute Gasteiger partial charge is 0.396 e. The number of carbonyl (C=O) groups excluding carboxylic acids is 1. The van der Waals surface area contributed by atoms with Gasteiger partial charge in [-0.25, -0.2) is 0 Å². The lowest BCUT2D eigenvalue weighted by Gasteiger charge is -2.01. The number of unbranched alkanes of at least 4 members (excludes halogenated alkanes) is 6. The maximum absolute atomic E-state index is 11.2. The van der Waals surface area contributed by atoms with Gasteiger partial charge in [-0.05, 0) is 12.8 Å². The quantitative estimate of drug-likeness (QED) is 0.535. The lowest BCUT2D eigenvalue weighted by Crippen LogP contribution is -1.99. The maximum Gasteiger partial charge on any atom is 0.132 e. The Balaban J connectivity index is 3.06. The number of aliphatic hydroxyl groups is 1. The smallest absolute Gasteiger partial charge is 0.132 e. The molecule has 0 heterocycles. The van der Waals surface area contributed by atoms with Crippen LogP contribution in [0.1, 0.15) is 71.1 Å². The van der Waals surface area contributed by atoms with Crippen LogP contribution in [0.25, 0.3) is 0 Å². The van der Waals surface area contributed by atoms with E-state index in [0.29, 0.717) is 25.0 Å². The normalized spacial score (nSPS) is 10.5. The average molecular weight is 214 g/mol. The predicted molar refractivity (Wildman–Crippen MR) is 63.9 cm³/mol. The number of ketones is 1. The Morgan fingerprint density at radius 3 is 2.00 bits per heavy atom. The summed E-state index contributed by atoms with van der Waals surface area (Å²) in [5.74, 6) is 0.317. The molecule has 0 atom stereocenters. The number of carbonyl (C=O) groups is 1. The van der Waals surface area contributed by atoms with Gasteiger partial charge in [-0.15, -0.1) is 0 Å². The van der Waals surface area contributed by atoms with Crippen molar-refractivity contribution < 1.29 is 9.90 Å². The lowest BCUT2D eigenvalue weighted by molar-refractivity contribution is -0.119. The summed E-state index contributed by atoms with van der Waals surface area (Å²) in [6, 6.07) is 0. The van der Waals surface area contributed by atoms with E-state index in [1.807, 2.05) is 0 Å². The minimum absolute atomic E-state index is 0.142. The molecule has 2 nitrogen and oxygen atoms in total. The highest BCUT2D eigenvalue weighted by Gasteiger charge is 2.00. The van der Waals surface area contributed by atoms with Gasteiger partial charge >= 0.3 is 0 Å². The van der Waals surface area contributed by atoms with E-state index >= 15 is 0 Å². The molecule has 0 aliphatic carbocycles. The molecule has 0 saturated heterocycles. The molecule has 0 aromatic carbocycles. The molecule has 0 aliphatic heterocycles. The van der Waals surface area contributed by atoms with Crippen molar-refractivity contribution in [3.8, 4) is 0 Å². The Morgan fingerprint density at radius 2 is 1.40 bits per heavy atom. The van der Waals surface area contributed by atoms with Gasteiger partial charge in [-0.1, -0.05) is 45.4 Å². The third kappa shape index (κ3) is 11.6. The monoisotopic (exact) mass is 214 g/mol. The molecule has 0 amide bonds. The average Bonchev–Trinajstić information content (AvgIpc) is 2.25. The summed E-state index contributed by atoms with van der Waals surface area (Å²) in [6.07, 6.45) is 10.7. The van der Waals surface area contributed by atoms with Crippen LogP contribution in [0.2, 0.25) is 0 Å². The van der Waals surface area contributed by atoms with E-state index in [2.05, 4.69) is 6.92 Å². The molecule has 0 unspecified atom stereocenters. The van der Waals surface area contributed by atoms with E-state index in [1.165, 1.54) is 38.5 Å². The summed E-state index contributed by atoms with van der Waals surface area (Å²) in [6.45, 7) is 2.36. The summed E-state index contributed by atoms with van der Waals surface area (Å²) in [4.78, 5) is 11.2. The molecule has 0 rings (SSSR count). The molecule has 0 aromatic heterocycles. The maximum atomic E-state index is 11.2. The van der Waals surface area contributed by atoms with Gasteiger partial charge in [0, 0.05) is 19.4 Å². The fraction of sp³-hybridized carbons (Fsp3) is 0.923. The third-order valence-corrected chi connectivity index (χ3v) is 2.67. The van der Waals surface area contributed by atoms with Gasteiger partial charge in [0.15, 0.2) is 0 Å². The minimum atomic E-state index is 0.142. The summed E-state index contributed by atoms with van der Waals surface area (Å²) in [7, 11) is 0. The summed E-state index contributed by atoms with van der Waals surface area (Å²) >= 11 is 0. The first-order valence-corrected chi connectivity index (χ1v) is 6.43. The molecule has 0 aliphatic rings. The summed E-state index contributed by atoms with van der Waals surface area (Å²) in [5, 5.41) is 8.55. The first-order valence-electron chi connectivity index (χ1n) is 6.43. The van der Waals surface area contributed by atoms with Crippen molar-refractivity contribution in [2.45, 2.75) is 71.1 Å². The van der Waals surface area contributed by atoms with Gasteiger partial charge in [0.1, 0.15) is 5.78 Å². The van der Waals surface area contributed by atoms with Gasteiger partial charge in [0.05, 0.1) is 0 Å². The zero-order chi connectivity index (χ0) is 11.4. The number of rotatable bonds is 11. The highest BCUT2D eigenvalue weighted by Crippen LogP contribution is 2.09. The molecule has 15 heavy (non-hydrogen) atoms. The minimum Gasteiger partial charge on any atom is -0.396 e. The van der Waals surface area contributed by atoms with Crippen molar-refractivity contribution in [2.24, 2.45) is 0 Å². The third-order valence-electron chi connectivity index (χ3n) is 2.67. The standard InChI is InChI=1S/C13H26O2/c1-2-3-4-5-6-7-8-10-13(15)11-9-12-14/h14H,2-12H2,1H3. The van der Waals surface area contributed by atoms with Crippen LogP contribution in [0.4, 0.5) is 0 Å². The van der Waals surface area contributed by atoms with Gasteiger partial charge < -0.3 is 5.11 Å². The van der Waals surface area contributed by atoms with Crippen molar-refractivity contribution in [3.05, 3.63) is 0 Å². The predicted octanol–water partition coefficient (Wildman–Crippen LogP) is 3.47. The summed E-state index contributed by atoms with van der Waals surface area (Å²) in [5.41, 5.74) is 0. The van der Waals surface area contributed by atoms with Crippen LogP contribution in [0, 0.1) is 0 Å². The van der Waals surface area contributed by atoms with Crippen molar-refractivity contribution in [3.63, 3.8) is 0 Å². The highest BCUT2D eigenvalue weighted by atomic mass is 16.3. The van der Waals surface area contributed by atoms with Crippen LogP contribution < -0.4 is 0 Å². The second kappa shape index (κ2) is 11.7. The Labute approximate surface area is 94.1 Å². The van der Waals surface area contributed by atoms with Crippen molar-refractivity contribution in [1.82, 2.24) is 0 Å². The van der Waals surface area contributed by atoms with Crippen LogP contribution in [0.5, 0.6) is 0 Å². The zero-order valence-electron chi connectivity index (χ0n) is 10.1. The number of aliphatic hydroxyl groups excluding tert-OH is 1. The second-order valence-corrected chi connectivity index (χ2v) is 4.24. The Morgan fingerprint density at radius 1 is 0.867 bits per heavy atom. The molecule has 0 radical (unpaired) electrons. The molecule has 0 spiro atoms. The number of Topliss-reactive ketones (excluding diaryl/α,β-unsaturated/α-hetero) is 1. The van der Waals surface area contributed by atoms with Gasteiger partial charge in [-0.3, -0.25) is 4.79 Å². The van der Waals surface area contributed by atoms with Crippen LogP contribution in [-0.4, -0.2) is 17.5 Å². The van der Waals surface area contributed by atoms with Gasteiger partial charge in [-0.2, -0.15) is 0 Å². The SMILES string of the molecule is CCCCCCCCCC(=O)CCCO. The number of hydrogen-bond donors (Lipinski definition) is 1. The van der Waals surface area contributed by atoms with E-state index < -0.39 is 0 Å². The first kappa shape index (κ1) is 14.6. The van der Waals surface area contributed by atoms with Crippen LogP contribution in [0.15, 0.2) is 0 Å². The van der Waals surface area contributed by atoms with Gasteiger partial charge in [0.25, 0.3) is 0 Å². The fourth-order valence-corrected chi connectivity index (χ4v) is 1.68. The topological polar surface area (TPSA) is 37.3 Å². The highest BCUT2D eigenvalue weighted by molar-refractivity contribution is 5.78. The second-order valence-electron chi connectivity index (χ2n) is 4.24. The van der Waals surface area contributed by atoms with Crippen molar-refractivity contribution in [2.75, 3.05) is 6.61 Å². The molecule has 0 aromatic rings. The molecule has 2 heteroatoms. The van der Waals surface area contributed by atoms with E-state index in [4.69, 9.17) is 5.11 Å². The van der Waals surface area contributed by atoms with Crippen LogP contribution in [0.3, 0.4) is 0 Å². The molecule has 90 valence electrons. The lowest BCUT2D eigenvalue weighted by atomic mass is 10.1. The Bertz CT molecular complexity index is 143. The van der Waals surface area contributed by atoms with Crippen LogP contribution in [-0.2, 0) is 4.79 Å². The Hall–Kier alpha value is -0.370. The van der Waals surface area contributed by atoms with E-state index in [9.17, 15) is 4.79 Å². The molecule has 0 bridgehead atoms. The van der Waals surface area contributed by atoms with Gasteiger partial charge in [0.2, 0.25) is 0 Å². The molecular formula is C13H26O2. The molecule has 1 N–H and O–H groups in total. The van der Waals surface area contributed by atoms with Crippen molar-refractivity contribution >= 4 is 5.78 Å². The zero-order valence-corrected chi connectivity index (χ0v) is 10.1.